The second-order valence-electron chi connectivity index (χ2n) is 3.70. The molecule has 0 heterocycles. The Hall–Kier alpha value is -1.09. The summed E-state index contributed by atoms with van der Waals surface area (Å²) < 4.78 is 18.8. The summed E-state index contributed by atoms with van der Waals surface area (Å²) in [5.41, 5.74) is 0.559. The van der Waals surface area contributed by atoms with Gasteiger partial charge in [-0.25, -0.2) is 4.39 Å². The van der Waals surface area contributed by atoms with Gasteiger partial charge in [0, 0.05) is 0 Å². The highest BCUT2D eigenvalue weighted by Gasteiger charge is 2.09. The van der Waals surface area contributed by atoms with Crippen molar-refractivity contribution in [2.24, 2.45) is 0 Å². The van der Waals surface area contributed by atoms with E-state index in [1.807, 2.05) is 13.8 Å². The van der Waals surface area contributed by atoms with Gasteiger partial charge in [-0.2, -0.15) is 0 Å². The monoisotopic (exact) mass is 212 g/mol. The van der Waals surface area contributed by atoms with Crippen molar-refractivity contribution < 1.29 is 14.2 Å². The highest BCUT2D eigenvalue weighted by Crippen LogP contribution is 2.23. The molecule has 0 aromatic heterocycles. The average molecular weight is 212 g/mol. The maximum absolute atomic E-state index is 13.5. The Balaban J connectivity index is 2.83. The van der Waals surface area contributed by atoms with Crippen molar-refractivity contribution in [3.8, 4) is 5.75 Å². The number of aliphatic hydroxyl groups is 1. The van der Waals surface area contributed by atoms with E-state index in [1.54, 1.807) is 19.1 Å². The summed E-state index contributed by atoms with van der Waals surface area (Å²) in [6, 6.07) is 4.54. The zero-order valence-corrected chi connectivity index (χ0v) is 9.33. The molecular weight excluding hydrogens is 195 g/mol. The quantitative estimate of drug-likeness (QED) is 0.831. The number of aliphatic hydroxyl groups excluding tert-OH is 1. The van der Waals surface area contributed by atoms with Crippen molar-refractivity contribution in [3.05, 3.63) is 29.6 Å². The smallest absolute Gasteiger partial charge is 0.165 e. The molecule has 0 amide bonds. The van der Waals surface area contributed by atoms with E-state index in [-0.39, 0.29) is 11.9 Å². The van der Waals surface area contributed by atoms with E-state index in [2.05, 4.69) is 0 Å². The van der Waals surface area contributed by atoms with Crippen molar-refractivity contribution in [1.29, 1.82) is 0 Å². The van der Waals surface area contributed by atoms with Crippen LogP contribution in [-0.2, 0) is 0 Å². The van der Waals surface area contributed by atoms with E-state index < -0.39 is 11.9 Å². The topological polar surface area (TPSA) is 29.5 Å². The lowest BCUT2D eigenvalue weighted by molar-refractivity contribution is 0.195. The number of halogens is 1. The fraction of sp³-hybridized carbons (Fsp3) is 0.500. The standard InChI is InChI=1S/C12H17FO2/c1-4-8(2)15-12-6-5-10(9(3)14)7-11(12)13/h5-9,14H,4H2,1-3H3/t8?,9-/m0/s1. The predicted molar refractivity (Wildman–Crippen MR) is 57.4 cm³/mol. The maximum Gasteiger partial charge on any atom is 0.165 e. The van der Waals surface area contributed by atoms with Crippen LogP contribution in [0.1, 0.15) is 38.9 Å². The SMILES string of the molecule is CCC(C)Oc1ccc([C@H](C)O)cc1F. The summed E-state index contributed by atoms with van der Waals surface area (Å²) in [4.78, 5) is 0. The van der Waals surface area contributed by atoms with Gasteiger partial charge in [-0.15, -0.1) is 0 Å². The van der Waals surface area contributed by atoms with Gasteiger partial charge in [-0.05, 0) is 38.0 Å². The third-order valence-electron chi connectivity index (χ3n) is 2.34. The fourth-order valence-corrected chi connectivity index (χ4v) is 1.17. The van der Waals surface area contributed by atoms with E-state index in [0.717, 1.165) is 6.42 Å². The van der Waals surface area contributed by atoms with Gasteiger partial charge in [-0.1, -0.05) is 13.0 Å². The first-order valence-corrected chi connectivity index (χ1v) is 5.18. The van der Waals surface area contributed by atoms with Crippen molar-refractivity contribution in [3.63, 3.8) is 0 Å². The fourth-order valence-electron chi connectivity index (χ4n) is 1.17. The van der Waals surface area contributed by atoms with Crippen LogP contribution in [0.4, 0.5) is 4.39 Å². The number of ether oxygens (including phenoxy) is 1. The van der Waals surface area contributed by atoms with Crippen LogP contribution in [0, 0.1) is 5.82 Å². The molecule has 1 aromatic rings. The number of rotatable bonds is 4. The van der Waals surface area contributed by atoms with Crippen molar-refractivity contribution >= 4 is 0 Å². The largest absolute Gasteiger partial charge is 0.488 e. The molecule has 2 nitrogen and oxygen atoms in total. The molecule has 0 bridgehead atoms. The molecule has 1 rings (SSSR count). The van der Waals surface area contributed by atoms with Crippen LogP contribution in [0.15, 0.2) is 18.2 Å². The minimum atomic E-state index is -0.655. The third kappa shape index (κ3) is 3.20. The second kappa shape index (κ2) is 5.12. The van der Waals surface area contributed by atoms with Gasteiger partial charge in [0.05, 0.1) is 12.2 Å². The second-order valence-corrected chi connectivity index (χ2v) is 3.70. The third-order valence-corrected chi connectivity index (χ3v) is 2.34. The molecule has 1 unspecified atom stereocenters. The average Bonchev–Trinajstić information content (AvgIpc) is 2.20. The van der Waals surface area contributed by atoms with Crippen molar-refractivity contribution in [1.82, 2.24) is 0 Å². The summed E-state index contributed by atoms with van der Waals surface area (Å²) in [6.45, 7) is 5.47. The molecule has 1 N–H and O–H groups in total. The van der Waals surface area contributed by atoms with Gasteiger partial charge in [-0.3, -0.25) is 0 Å². The minimum absolute atomic E-state index is 0.00287. The lowest BCUT2D eigenvalue weighted by Gasteiger charge is -2.14. The van der Waals surface area contributed by atoms with Gasteiger partial charge < -0.3 is 9.84 Å². The van der Waals surface area contributed by atoms with Crippen LogP contribution < -0.4 is 4.74 Å². The highest BCUT2D eigenvalue weighted by molar-refractivity contribution is 5.30. The Morgan fingerprint density at radius 1 is 1.40 bits per heavy atom. The van der Waals surface area contributed by atoms with Crippen LogP contribution in [0.2, 0.25) is 0 Å². The van der Waals surface area contributed by atoms with Crippen LogP contribution in [0.25, 0.3) is 0 Å². The molecule has 0 saturated heterocycles. The van der Waals surface area contributed by atoms with E-state index in [9.17, 15) is 9.50 Å². The van der Waals surface area contributed by atoms with Gasteiger partial charge >= 0.3 is 0 Å². The molecule has 0 saturated carbocycles. The zero-order valence-electron chi connectivity index (χ0n) is 9.33. The molecule has 2 atom stereocenters. The van der Waals surface area contributed by atoms with Crippen LogP contribution in [0.5, 0.6) is 5.75 Å². The molecule has 84 valence electrons. The summed E-state index contributed by atoms with van der Waals surface area (Å²) in [5.74, 6) is -0.178. The van der Waals surface area contributed by atoms with E-state index in [1.165, 1.54) is 6.07 Å². The summed E-state index contributed by atoms with van der Waals surface area (Å²) in [5, 5.41) is 9.26. The van der Waals surface area contributed by atoms with Crippen LogP contribution in [-0.4, -0.2) is 11.2 Å². The van der Waals surface area contributed by atoms with Gasteiger partial charge in [0.25, 0.3) is 0 Å². The molecule has 0 aliphatic rings. The van der Waals surface area contributed by atoms with Gasteiger partial charge in [0.2, 0.25) is 0 Å². The highest BCUT2D eigenvalue weighted by atomic mass is 19.1. The first-order valence-electron chi connectivity index (χ1n) is 5.18. The van der Waals surface area contributed by atoms with Gasteiger partial charge in [0.15, 0.2) is 11.6 Å². The molecular formula is C12H17FO2. The Bertz CT molecular complexity index is 323. The number of hydrogen-bond donors (Lipinski definition) is 1. The minimum Gasteiger partial charge on any atom is -0.488 e. The summed E-state index contributed by atoms with van der Waals surface area (Å²) >= 11 is 0. The molecule has 0 spiro atoms. The van der Waals surface area contributed by atoms with Crippen LogP contribution in [0.3, 0.4) is 0 Å². The van der Waals surface area contributed by atoms with Gasteiger partial charge in [0.1, 0.15) is 0 Å². The molecule has 15 heavy (non-hydrogen) atoms. The lowest BCUT2D eigenvalue weighted by atomic mass is 10.1. The zero-order chi connectivity index (χ0) is 11.4. The molecule has 3 heteroatoms. The molecule has 1 aromatic carbocycles. The Labute approximate surface area is 89.7 Å². The van der Waals surface area contributed by atoms with Crippen molar-refractivity contribution in [2.75, 3.05) is 0 Å². The Morgan fingerprint density at radius 3 is 2.53 bits per heavy atom. The van der Waals surface area contributed by atoms with Crippen molar-refractivity contribution in [2.45, 2.75) is 39.4 Å². The summed E-state index contributed by atoms with van der Waals surface area (Å²) in [6.07, 6.45) is 0.173. The Kier molecular flexibility index (Phi) is 4.09. The first kappa shape index (κ1) is 12.0. The molecule has 0 aliphatic carbocycles. The maximum atomic E-state index is 13.5. The number of benzene rings is 1. The Morgan fingerprint density at radius 2 is 2.07 bits per heavy atom. The van der Waals surface area contributed by atoms with Crippen LogP contribution >= 0.6 is 0 Å². The molecule has 0 fully saturated rings. The van der Waals surface area contributed by atoms with E-state index in [4.69, 9.17) is 4.74 Å². The summed E-state index contributed by atoms with van der Waals surface area (Å²) in [7, 11) is 0. The number of hydrogen-bond acceptors (Lipinski definition) is 2. The lowest BCUT2D eigenvalue weighted by Crippen LogP contribution is -2.11. The van der Waals surface area contributed by atoms with E-state index >= 15 is 0 Å². The predicted octanol–water partition coefficient (Wildman–Crippen LogP) is 3.06. The molecule has 0 radical (unpaired) electrons. The normalized spacial score (nSPS) is 14.7. The molecule has 0 aliphatic heterocycles. The van der Waals surface area contributed by atoms with E-state index in [0.29, 0.717) is 5.56 Å². The first-order chi connectivity index (χ1) is 7.04.